The van der Waals surface area contributed by atoms with Gasteiger partial charge in [0, 0.05) is 11.5 Å². The topological polar surface area (TPSA) is 108 Å². The van der Waals surface area contributed by atoms with Crippen molar-refractivity contribution in [3.63, 3.8) is 0 Å². The van der Waals surface area contributed by atoms with E-state index < -0.39 is 12.0 Å². The first-order chi connectivity index (χ1) is 13.4. The summed E-state index contributed by atoms with van der Waals surface area (Å²) in [4.78, 5) is 40.5. The SMILES string of the molecule is CSc1sc(NC(=O)Nc2ccc(C)cc2C(=O)C2CCCC2)nc1C(=O)O. The van der Waals surface area contributed by atoms with Crippen molar-refractivity contribution in [2.75, 3.05) is 16.9 Å². The van der Waals surface area contributed by atoms with E-state index in [2.05, 4.69) is 15.6 Å². The number of nitrogens with one attached hydrogen (secondary N) is 2. The molecule has 0 unspecified atom stereocenters. The molecule has 28 heavy (non-hydrogen) atoms. The molecule has 0 spiro atoms. The number of urea groups is 1. The number of carboxylic acids is 1. The van der Waals surface area contributed by atoms with Gasteiger partial charge in [0.2, 0.25) is 0 Å². The number of nitrogens with zero attached hydrogens (tertiary/aromatic N) is 1. The summed E-state index contributed by atoms with van der Waals surface area (Å²) >= 11 is 2.35. The Hall–Kier alpha value is -2.39. The Bertz CT molecular complexity index is 920. The third-order valence-corrected chi connectivity index (χ3v) is 6.70. The predicted molar refractivity (Wildman–Crippen MR) is 111 cm³/mol. The van der Waals surface area contributed by atoms with Crippen molar-refractivity contribution in [3.05, 3.63) is 35.0 Å². The van der Waals surface area contributed by atoms with Gasteiger partial charge in [-0.3, -0.25) is 10.1 Å². The summed E-state index contributed by atoms with van der Waals surface area (Å²) in [5, 5.41) is 14.6. The van der Waals surface area contributed by atoms with E-state index in [1.54, 1.807) is 18.4 Å². The van der Waals surface area contributed by atoms with E-state index in [4.69, 9.17) is 0 Å². The number of aromatic nitrogens is 1. The number of aryl methyl sites for hydroxylation is 1. The van der Waals surface area contributed by atoms with Crippen molar-refractivity contribution in [3.8, 4) is 0 Å². The molecule has 3 N–H and O–H groups in total. The number of amides is 2. The Labute approximate surface area is 170 Å². The number of thioether (sulfide) groups is 1. The third-order valence-electron chi connectivity index (χ3n) is 4.62. The average Bonchev–Trinajstić information content (AvgIpc) is 3.32. The first-order valence-electron chi connectivity index (χ1n) is 8.90. The molecule has 1 aliphatic rings. The van der Waals surface area contributed by atoms with Crippen LogP contribution in [0.1, 0.15) is 52.1 Å². The zero-order valence-electron chi connectivity index (χ0n) is 15.6. The van der Waals surface area contributed by atoms with Crippen LogP contribution < -0.4 is 10.6 Å². The minimum Gasteiger partial charge on any atom is -0.476 e. The highest BCUT2D eigenvalue weighted by molar-refractivity contribution is 8.00. The number of hydrogen-bond donors (Lipinski definition) is 3. The summed E-state index contributed by atoms with van der Waals surface area (Å²) in [6, 6.07) is 4.78. The molecule has 3 rings (SSSR count). The van der Waals surface area contributed by atoms with E-state index in [0.29, 0.717) is 15.5 Å². The summed E-state index contributed by atoms with van der Waals surface area (Å²) in [7, 11) is 0. The molecule has 2 amide bonds. The van der Waals surface area contributed by atoms with E-state index in [0.717, 1.165) is 42.6 Å². The number of rotatable bonds is 6. The molecule has 1 aliphatic carbocycles. The van der Waals surface area contributed by atoms with Gasteiger partial charge in [0.1, 0.15) is 0 Å². The zero-order valence-corrected chi connectivity index (χ0v) is 17.2. The molecule has 0 aliphatic heterocycles. The van der Waals surface area contributed by atoms with E-state index >= 15 is 0 Å². The quantitative estimate of drug-likeness (QED) is 0.454. The third kappa shape index (κ3) is 4.53. The molecule has 1 heterocycles. The summed E-state index contributed by atoms with van der Waals surface area (Å²) < 4.78 is 0.509. The second-order valence-corrected chi connectivity index (χ2v) is 8.71. The lowest BCUT2D eigenvalue weighted by molar-refractivity contribution is 0.0687. The van der Waals surface area contributed by atoms with Crippen molar-refractivity contribution in [1.82, 2.24) is 4.98 Å². The van der Waals surface area contributed by atoms with Crippen LogP contribution in [0.4, 0.5) is 15.6 Å². The smallest absolute Gasteiger partial charge is 0.356 e. The lowest BCUT2D eigenvalue weighted by Gasteiger charge is -2.14. The van der Waals surface area contributed by atoms with Crippen molar-refractivity contribution in [1.29, 1.82) is 0 Å². The number of ketones is 1. The monoisotopic (exact) mass is 419 g/mol. The van der Waals surface area contributed by atoms with Crippen LogP contribution >= 0.6 is 23.1 Å². The first kappa shape index (κ1) is 20.3. The lowest BCUT2D eigenvalue weighted by atomic mass is 9.94. The van der Waals surface area contributed by atoms with Crippen molar-refractivity contribution in [2.45, 2.75) is 36.8 Å². The molecule has 2 aromatic rings. The Morgan fingerprint density at radius 2 is 1.93 bits per heavy atom. The number of carbonyl (C=O) groups is 3. The van der Waals surface area contributed by atoms with Crippen LogP contribution in [0.2, 0.25) is 0 Å². The van der Waals surface area contributed by atoms with E-state index in [1.165, 1.54) is 11.8 Å². The van der Waals surface area contributed by atoms with E-state index in [9.17, 15) is 19.5 Å². The van der Waals surface area contributed by atoms with E-state index in [1.807, 2.05) is 13.0 Å². The second kappa shape index (κ2) is 8.74. The van der Waals surface area contributed by atoms with Gasteiger partial charge in [-0.2, -0.15) is 0 Å². The number of benzene rings is 1. The highest BCUT2D eigenvalue weighted by atomic mass is 32.2. The summed E-state index contributed by atoms with van der Waals surface area (Å²) in [6.07, 6.45) is 5.62. The van der Waals surface area contributed by atoms with E-state index in [-0.39, 0.29) is 22.5 Å². The van der Waals surface area contributed by atoms with Crippen LogP contribution in [0, 0.1) is 12.8 Å². The molecule has 1 saturated carbocycles. The molecule has 0 radical (unpaired) electrons. The summed E-state index contributed by atoms with van der Waals surface area (Å²) in [5.41, 5.74) is 1.82. The van der Waals surface area contributed by atoms with Gasteiger partial charge >= 0.3 is 12.0 Å². The maximum Gasteiger partial charge on any atom is 0.356 e. The van der Waals surface area contributed by atoms with Gasteiger partial charge in [-0.25, -0.2) is 14.6 Å². The molecule has 0 atom stereocenters. The van der Waals surface area contributed by atoms with Gasteiger partial charge < -0.3 is 10.4 Å². The molecular weight excluding hydrogens is 398 g/mol. The van der Waals surface area contributed by atoms with Crippen molar-refractivity contribution >= 4 is 51.7 Å². The normalized spacial score (nSPS) is 14.1. The number of aromatic carboxylic acids is 1. The van der Waals surface area contributed by atoms with Crippen molar-refractivity contribution < 1.29 is 19.5 Å². The average molecular weight is 420 g/mol. The molecule has 1 aromatic heterocycles. The van der Waals surface area contributed by atoms with Crippen LogP contribution in [0.5, 0.6) is 0 Å². The number of carbonyl (C=O) groups excluding carboxylic acids is 2. The minimum atomic E-state index is -1.14. The number of hydrogen-bond acceptors (Lipinski definition) is 6. The predicted octanol–water partition coefficient (Wildman–Crippen LogP) is 4.89. The number of carboxylic acid groups (broad SMARTS) is 1. The van der Waals surface area contributed by atoms with Crippen LogP contribution in [0.25, 0.3) is 0 Å². The molecule has 1 aromatic carbocycles. The maximum atomic E-state index is 12.9. The van der Waals surface area contributed by atoms with Gasteiger partial charge in [-0.15, -0.1) is 11.8 Å². The maximum absolute atomic E-state index is 12.9. The molecule has 9 heteroatoms. The molecule has 148 valence electrons. The highest BCUT2D eigenvalue weighted by Crippen LogP contribution is 2.32. The number of Topliss-reactive ketones (excluding diaryl/α,β-unsaturated/α-hetero) is 1. The molecule has 0 bridgehead atoms. The van der Waals surface area contributed by atoms with Gasteiger partial charge in [0.15, 0.2) is 16.6 Å². The Kier molecular flexibility index (Phi) is 6.35. The first-order valence-corrected chi connectivity index (χ1v) is 10.9. The summed E-state index contributed by atoms with van der Waals surface area (Å²) in [5.74, 6) is -1.08. The minimum absolute atomic E-state index is 0.00614. The fourth-order valence-electron chi connectivity index (χ4n) is 3.26. The fraction of sp³-hybridized carbons (Fsp3) is 0.368. The van der Waals surface area contributed by atoms with Gasteiger partial charge in [-0.1, -0.05) is 35.8 Å². The van der Waals surface area contributed by atoms with Crippen molar-refractivity contribution in [2.24, 2.45) is 5.92 Å². The fourth-order valence-corrected chi connectivity index (χ4v) is 4.84. The summed E-state index contributed by atoms with van der Waals surface area (Å²) in [6.45, 7) is 1.90. The van der Waals surface area contributed by atoms with Crippen LogP contribution in [-0.2, 0) is 0 Å². The standard InChI is InChI=1S/C19H21N3O4S2/c1-10-7-8-13(12(9-10)15(23)11-5-3-4-6-11)20-18(26)22-19-21-14(16(24)25)17(27-2)28-19/h7-9,11H,3-6H2,1-2H3,(H,24,25)(H2,20,21,22,26). The molecule has 0 saturated heterocycles. The molecular formula is C19H21N3O4S2. The molecule has 7 nitrogen and oxygen atoms in total. The van der Waals surface area contributed by atoms with Crippen LogP contribution in [0.3, 0.4) is 0 Å². The lowest BCUT2D eigenvalue weighted by Crippen LogP contribution is -2.22. The Balaban J connectivity index is 1.77. The Morgan fingerprint density at radius 1 is 1.21 bits per heavy atom. The van der Waals surface area contributed by atoms with Gasteiger partial charge in [0.05, 0.1) is 9.90 Å². The number of anilines is 2. The Morgan fingerprint density at radius 3 is 2.54 bits per heavy atom. The van der Waals surface area contributed by atoms with Crippen LogP contribution in [0.15, 0.2) is 22.4 Å². The van der Waals surface area contributed by atoms with Gasteiger partial charge in [0.25, 0.3) is 0 Å². The number of thiazole rings is 1. The van der Waals surface area contributed by atoms with Crippen LogP contribution in [-0.4, -0.2) is 34.1 Å². The molecule has 1 fully saturated rings. The second-order valence-electron chi connectivity index (χ2n) is 6.64. The van der Waals surface area contributed by atoms with Gasteiger partial charge in [-0.05, 0) is 38.2 Å². The largest absolute Gasteiger partial charge is 0.476 e. The highest BCUT2D eigenvalue weighted by Gasteiger charge is 2.26. The zero-order chi connectivity index (χ0) is 20.3.